The molecule has 1 aromatic carbocycles. The summed E-state index contributed by atoms with van der Waals surface area (Å²) in [5.41, 5.74) is 10.1. The van der Waals surface area contributed by atoms with Crippen molar-refractivity contribution in [1.82, 2.24) is 0 Å². The van der Waals surface area contributed by atoms with Gasteiger partial charge in [0, 0.05) is 42.2 Å². The molecule has 2 fully saturated rings. The maximum Gasteiger partial charge on any atom is 0.414 e. The molecule has 0 aliphatic carbocycles. The average Bonchev–Trinajstić information content (AvgIpc) is 2.95. The van der Waals surface area contributed by atoms with Crippen LogP contribution < -0.4 is 9.80 Å². The first-order valence-corrected chi connectivity index (χ1v) is 7.53. The zero-order chi connectivity index (χ0) is 16.2. The molecule has 120 valence electrons. The van der Waals surface area contributed by atoms with Crippen LogP contribution in [0, 0.1) is 0 Å². The Kier molecular flexibility index (Phi) is 4.34. The van der Waals surface area contributed by atoms with E-state index in [1.54, 1.807) is 0 Å². The normalized spacial score (nSPS) is 21.1. The van der Waals surface area contributed by atoms with Gasteiger partial charge >= 0.3 is 6.09 Å². The van der Waals surface area contributed by atoms with E-state index >= 15 is 0 Å². The van der Waals surface area contributed by atoms with Crippen LogP contribution in [0.3, 0.4) is 0 Å². The first-order valence-electron chi connectivity index (χ1n) is 7.53. The van der Waals surface area contributed by atoms with E-state index in [0.717, 1.165) is 24.5 Å². The topological polar surface area (TPSA) is 98.6 Å². The molecule has 1 amide bonds. The molecule has 1 atom stereocenters. The summed E-state index contributed by atoms with van der Waals surface area (Å²) in [5, 5.41) is 3.44. The van der Waals surface area contributed by atoms with E-state index in [-0.39, 0.29) is 6.54 Å². The summed E-state index contributed by atoms with van der Waals surface area (Å²) in [4.78, 5) is 29.6. The number of amides is 1. The SMILES string of the molecule is [N-]=[N+]=NC[C@H]1CN(c2ccc(N3CCC(=O)CC3)cc2)C(=O)O1. The van der Waals surface area contributed by atoms with Crippen molar-refractivity contribution in [1.29, 1.82) is 0 Å². The smallest absolute Gasteiger partial charge is 0.414 e. The van der Waals surface area contributed by atoms with E-state index in [4.69, 9.17) is 10.3 Å². The van der Waals surface area contributed by atoms with Gasteiger partial charge in [0.2, 0.25) is 0 Å². The van der Waals surface area contributed by atoms with Gasteiger partial charge in [0.05, 0.1) is 13.1 Å². The molecule has 2 heterocycles. The van der Waals surface area contributed by atoms with Crippen LogP contribution >= 0.6 is 0 Å². The predicted octanol–water partition coefficient (Wildman–Crippen LogP) is 2.49. The summed E-state index contributed by atoms with van der Waals surface area (Å²) < 4.78 is 5.16. The van der Waals surface area contributed by atoms with Gasteiger partial charge in [0.15, 0.2) is 0 Å². The molecule has 2 aliphatic heterocycles. The number of piperidine rings is 1. The molecular formula is C15H17N5O3. The highest BCUT2D eigenvalue weighted by atomic mass is 16.6. The molecule has 0 unspecified atom stereocenters. The first-order chi connectivity index (χ1) is 11.2. The molecule has 23 heavy (non-hydrogen) atoms. The Hall–Kier alpha value is -2.73. The van der Waals surface area contributed by atoms with Crippen molar-refractivity contribution in [2.75, 3.05) is 36.0 Å². The van der Waals surface area contributed by atoms with Crippen LogP contribution in [0.25, 0.3) is 10.4 Å². The fourth-order valence-corrected chi connectivity index (χ4v) is 2.81. The number of ketones is 1. The van der Waals surface area contributed by atoms with Crippen LogP contribution in [-0.4, -0.2) is 44.2 Å². The summed E-state index contributed by atoms with van der Waals surface area (Å²) in [6.07, 6.45) is 0.327. The lowest BCUT2D eigenvalue weighted by Crippen LogP contribution is -2.33. The van der Waals surface area contributed by atoms with E-state index in [1.165, 1.54) is 4.90 Å². The molecule has 8 nitrogen and oxygen atoms in total. The van der Waals surface area contributed by atoms with Crippen molar-refractivity contribution < 1.29 is 14.3 Å². The van der Waals surface area contributed by atoms with Gasteiger partial charge in [0.1, 0.15) is 11.9 Å². The zero-order valence-corrected chi connectivity index (χ0v) is 12.6. The van der Waals surface area contributed by atoms with E-state index in [9.17, 15) is 9.59 Å². The van der Waals surface area contributed by atoms with Crippen molar-refractivity contribution in [2.24, 2.45) is 5.11 Å². The second-order valence-corrected chi connectivity index (χ2v) is 5.57. The van der Waals surface area contributed by atoms with Gasteiger partial charge in [-0.15, -0.1) is 0 Å². The summed E-state index contributed by atoms with van der Waals surface area (Å²) in [6, 6.07) is 7.62. The fourth-order valence-electron chi connectivity index (χ4n) is 2.81. The van der Waals surface area contributed by atoms with Crippen LogP contribution in [0.4, 0.5) is 16.2 Å². The molecule has 0 radical (unpaired) electrons. The molecule has 0 spiro atoms. The lowest BCUT2D eigenvalue weighted by atomic mass is 10.1. The van der Waals surface area contributed by atoms with Crippen molar-refractivity contribution >= 4 is 23.3 Å². The van der Waals surface area contributed by atoms with E-state index in [0.29, 0.717) is 25.2 Å². The summed E-state index contributed by atoms with van der Waals surface area (Å²) >= 11 is 0. The number of cyclic esters (lactones) is 1. The van der Waals surface area contributed by atoms with E-state index in [2.05, 4.69) is 14.9 Å². The Balaban J connectivity index is 1.66. The summed E-state index contributed by atoms with van der Waals surface area (Å²) in [6.45, 7) is 1.98. The maximum absolute atomic E-state index is 11.9. The minimum atomic E-state index is -0.431. The molecule has 0 saturated carbocycles. The number of rotatable bonds is 4. The third kappa shape index (κ3) is 3.37. The molecule has 0 bridgehead atoms. The predicted molar refractivity (Wildman–Crippen MR) is 84.5 cm³/mol. The molecule has 1 aromatic rings. The highest BCUT2D eigenvalue weighted by molar-refractivity contribution is 5.90. The van der Waals surface area contributed by atoms with Gasteiger partial charge in [-0.1, -0.05) is 5.11 Å². The number of hydrogen-bond donors (Lipinski definition) is 0. The van der Waals surface area contributed by atoms with Crippen molar-refractivity contribution in [3.05, 3.63) is 34.7 Å². The van der Waals surface area contributed by atoms with E-state index < -0.39 is 12.2 Å². The Morgan fingerprint density at radius 3 is 2.48 bits per heavy atom. The van der Waals surface area contributed by atoms with Crippen LogP contribution in [0.2, 0.25) is 0 Å². The minimum Gasteiger partial charge on any atom is -0.444 e. The minimum absolute atomic E-state index is 0.138. The van der Waals surface area contributed by atoms with Gasteiger partial charge in [-0.25, -0.2) is 4.79 Å². The van der Waals surface area contributed by atoms with Gasteiger partial charge < -0.3 is 9.64 Å². The quantitative estimate of drug-likeness (QED) is 0.484. The Labute approximate surface area is 133 Å². The van der Waals surface area contributed by atoms with Gasteiger partial charge in [-0.05, 0) is 29.8 Å². The van der Waals surface area contributed by atoms with Gasteiger partial charge in [-0.2, -0.15) is 0 Å². The number of hydrogen-bond acceptors (Lipinski definition) is 5. The number of ether oxygens (including phenoxy) is 1. The zero-order valence-electron chi connectivity index (χ0n) is 12.6. The third-order valence-corrected chi connectivity index (χ3v) is 4.07. The van der Waals surface area contributed by atoms with Gasteiger partial charge in [0.25, 0.3) is 0 Å². The fraction of sp³-hybridized carbons (Fsp3) is 0.467. The lowest BCUT2D eigenvalue weighted by Gasteiger charge is -2.28. The first kappa shape index (κ1) is 15.2. The standard InChI is InChI=1S/C15H17N5O3/c16-18-17-9-14-10-20(15(22)23-14)12-3-1-11(2-4-12)19-7-5-13(21)6-8-19/h1-4,14H,5-10H2/t14-/m0/s1. The number of carbonyl (C=O) groups is 2. The van der Waals surface area contributed by atoms with Crippen LogP contribution in [-0.2, 0) is 9.53 Å². The largest absolute Gasteiger partial charge is 0.444 e. The third-order valence-electron chi connectivity index (χ3n) is 4.07. The number of nitrogens with zero attached hydrogens (tertiary/aromatic N) is 5. The van der Waals surface area contributed by atoms with Crippen LogP contribution in [0.15, 0.2) is 29.4 Å². The van der Waals surface area contributed by atoms with E-state index in [1.807, 2.05) is 24.3 Å². The van der Waals surface area contributed by atoms with Crippen molar-refractivity contribution in [2.45, 2.75) is 18.9 Å². The van der Waals surface area contributed by atoms with Crippen LogP contribution in [0.1, 0.15) is 12.8 Å². The molecular weight excluding hydrogens is 298 g/mol. The number of Topliss-reactive ketones (excluding diaryl/α,β-unsaturated/α-hetero) is 1. The second-order valence-electron chi connectivity index (χ2n) is 5.57. The molecule has 8 heteroatoms. The van der Waals surface area contributed by atoms with Crippen LogP contribution in [0.5, 0.6) is 0 Å². The lowest BCUT2D eigenvalue weighted by molar-refractivity contribution is -0.119. The number of azide groups is 1. The molecule has 0 aromatic heterocycles. The van der Waals surface area contributed by atoms with Gasteiger partial charge in [-0.3, -0.25) is 9.69 Å². The number of carbonyl (C=O) groups excluding carboxylic acids is 2. The van der Waals surface area contributed by atoms with Crippen molar-refractivity contribution in [3.8, 4) is 0 Å². The summed E-state index contributed by atoms with van der Waals surface area (Å²) in [7, 11) is 0. The summed E-state index contributed by atoms with van der Waals surface area (Å²) in [5.74, 6) is 0.309. The maximum atomic E-state index is 11.9. The second kappa shape index (κ2) is 6.58. The Morgan fingerprint density at radius 2 is 1.83 bits per heavy atom. The average molecular weight is 315 g/mol. The Bertz CT molecular complexity index is 644. The highest BCUT2D eigenvalue weighted by Gasteiger charge is 2.31. The monoisotopic (exact) mass is 315 g/mol. The number of anilines is 2. The number of benzene rings is 1. The molecule has 2 saturated heterocycles. The molecule has 2 aliphatic rings. The van der Waals surface area contributed by atoms with Crippen molar-refractivity contribution in [3.63, 3.8) is 0 Å². The molecule has 3 rings (SSSR count). The highest BCUT2D eigenvalue weighted by Crippen LogP contribution is 2.26. The Morgan fingerprint density at radius 1 is 1.17 bits per heavy atom. The molecule has 0 N–H and O–H groups in total.